The van der Waals surface area contributed by atoms with Crippen molar-refractivity contribution >= 4 is 6.41 Å². The van der Waals surface area contributed by atoms with Crippen molar-refractivity contribution in [3.63, 3.8) is 0 Å². The maximum atomic E-state index is 10.4. The monoisotopic (exact) mass is 253 g/mol. The Kier molecular flexibility index (Phi) is 5.45. The third-order valence-corrected chi connectivity index (χ3v) is 4.64. The minimum atomic E-state index is 0.417. The van der Waals surface area contributed by atoms with Gasteiger partial charge in [0.15, 0.2) is 0 Å². The Morgan fingerprint density at radius 2 is 1.22 bits per heavy atom. The minimum Gasteiger partial charge on any atom is -0.356 e. The van der Waals surface area contributed by atoms with Gasteiger partial charge in [0.2, 0.25) is 6.41 Å². The van der Waals surface area contributed by atoms with E-state index in [1.165, 1.54) is 38.5 Å². The number of amides is 1. The van der Waals surface area contributed by atoms with Crippen LogP contribution < -0.4 is 16.0 Å². The summed E-state index contributed by atoms with van der Waals surface area (Å²) in [5, 5.41) is 10.1. The van der Waals surface area contributed by atoms with Crippen LogP contribution in [0.1, 0.15) is 51.4 Å². The summed E-state index contributed by atoms with van der Waals surface area (Å²) in [6, 6.07) is 2.54. The average Bonchev–Trinajstić information content (AvgIpc) is 2.42. The SMILES string of the molecule is CNC1CCC(NC2CCC(NC=O)CC2)CC1. The predicted molar refractivity (Wildman–Crippen MR) is 73.5 cm³/mol. The topological polar surface area (TPSA) is 53.2 Å². The molecule has 2 saturated carbocycles. The van der Waals surface area contributed by atoms with Crippen LogP contribution in [0.25, 0.3) is 0 Å². The first kappa shape index (κ1) is 13.8. The Morgan fingerprint density at radius 3 is 1.67 bits per heavy atom. The quantitative estimate of drug-likeness (QED) is 0.645. The molecule has 0 bridgehead atoms. The molecule has 0 saturated heterocycles. The summed E-state index contributed by atoms with van der Waals surface area (Å²) in [6.45, 7) is 0. The highest BCUT2D eigenvalue weighted by Gasteiger charge is 2.25. The van der Waals surface area contributed by atoms with E-state index in [1.807, 2.05) is 0 Å². The van der Waals surface area contributed by atoms with Crippen LogP contribution in [0.5, 0.6) is 0 Å². The maximum absolute atomic E-state index is 10.4. The van der Waals surface area contributed by atoms with Crippen molar-refractivity contribution in [2.75, 3.05) is 7.05 Å². The van der Waals surface area contributed by atoms with Crippen molar-refractivity contribution < 1.29 is 4.79 Å². The van der Waals surface area contributed by atoms with E-state index in [0.717, 1.165) is 31.3 Å². The molecule has 4 heteroatoms. The number of carbonyl (C=O) groups is 1. The van der Waals surface area contributed by atoms with Gasteiger partial charge in [-0.25, -0.2) is 0 Å². The van der Waals surface area contributed by atoms with Gasteiger partial charge in [0.1, 0.15) is 0 Å². The second kappa shape index (κ2) is 7.10. The van der Waals surface area contributed by atoms with E-state index in [-0.39, 0.29) is 0 Å². The van der Waals surface area contributed by atoms with Crippen LogP contribution in [0.4, 0.5) is 0 Å². The molecule has 2 fully saturated rings. The highest BCUT2D eigenvalue weighted by molar-refractivity contribution is 5.46. The molecule has 0 unspecified atom stereocenters. The van der Waals surface area contributed by atoms with Crippen LogP contribution in [0, 0.1) is 0 Å². The summed E-state index contributed by atoms with van der Waals surface area (Å²) >= 11 is 0. The van der Waals surface area contributed by atoms with Crippen LogP contribution in [-0.2, 0) is 4.79 Å². The molecule has 0 aromatic rings. The van der Waals surface area contributed by atoms with Crippen molar-refractivity contribution in [1.82, 2.24) is 16.0 Å². The lowest BCUT2D eigenvalue weighted by molar-refractivity contribution is -0.110. The molecule has 2 aliphatic rings. The van der Waals surface area contributed by atoms with E-state index in [2.05, 4.69) is 23.0 Å². The zero-order valence-electron chi connectivity index (χ0n) is 11.5. The molecule has 0 aromatic carbocycles. The van der Waals surface area contributed by atoms with Crippen molar-refractivity contribution in [2.24, 2.45) is 0 Å². The summed E-state index contributed by atoms with van der Waals surface area (Å²) in [4.78, 5) is 10.4. The van der Waals surface area contributed by atoms with Crippen LogP contribution in [0.15, 0.2) is 0 Å². The molecule has 4 nitrogen and oxygen atoms in total. The number of hydrogen-bond donors (Lipinski definition) is 3. The Labute approximate surface area is 110 Å². The fraction of sp³-hybridized carbons (Fsp3) is 0.929. The van der Waals surface area contributed by atoms with Gasteiger partial charge in [-0.15, -0.1) is 0 Å². The highest BCUT2D eigenvalue weighted by atomic mass is 16.1. The summed E-state index contributed by atoms with van der Waals surface area (Å²) in [6.07, 6.45) is 10.7. The predicted octanol–water partition coefficient (Wildman–Crippen LogP) is 1.16. The van der Waals surface area contributed by atoms with Crippen molar-refractivity contribution in [1.29, 1.82) is 0 Å². The summed E-state index contributed by atoms with van der Waals surface area (Å²) < 4.78 is 0. The molecule has 0 radical (unpaired) electrons. The Hall–Kier alpha value is -0.610. The van der Waals surface area contributed by atoms with Crippen LogP contribution >= 0.6 is 0 Å². The lowest BCUT2D eigenvalue weighted by Crippen LogP contribution is -2.46. The van der Waals surface area contributed by atoms with E-state index in [0.29, 0.717) is 12.1 Å². The van der Waals surface area contributed by atoms with Gasteiger partial charge in [-0.1, -0.05) is 0 Å². The van der Waals surface area contributed by atoms with Gasteiger partial charge in [0, 0.05) is 24.2 Å². The van der Waals surface area contributed by atoms with Crippen molar-refractivity contribution in [3.05, 3.63) is 0 Å². The molecule has 0 spiro atoms. The number of nitrogens with one attached hydrogen (secondary N) is 3. The fourth-order valence-corrected chi connectivity index (χ4v) is 3.41. The summed E-state index contributed by atoms with van der Waals surface area (Å²) in [7, 11) is 2.07. The normalized spacial score (nSPS) is 37.2. The zero-order valence-corrected chi connectivity index (χ0v) is 11.5. The molecule has 18 heavy (non-hydrogen) atoms. The lowest BCUT2D eigenvalue weighted by atomic mass is 9.87. The molecular formula is C14H27N3O. The smallest absolute Gasteiger partial charge is 0.207 e. The second-order valence-corrected chi connectivity index (χ2v) is 5.84. The molecule has 2 aliphatic carbocycles. The molecule has 3 N–H and O–H groups in total. The molecule has 0 aliphatic heterocycles. The largest absolute Gasteiger partial charge is 0.356 e. The Morgan fingerprint density at radius 1 is 0.778 bits per heavy atom. The Balaban J connectivity index is 1.64. The standard InChI is InChI=1S/C14H27N3O/c1-15-11-2-6-13(7-3-11)17-14-8-4-12(5-9-14)16-10-18/h10-15,17H,2-9H2,1H3,(H,16,18). The van der Waals surface area contributed by atoms with Gasteiger partial charge in [0.05, 0.1) is 0 Å². The third kappa shape index (κ3) is 3.95. The van der Waals surface area contributed by atoms with E-state index in [1.54, 1.807) is 0 Å². The van der Waals surface area contributed by atoms with Crippen molar-refractivity contribution in [2.45, 2.75) is 75.5 Å². The first-order chi connectivity index (χ1) is 8.81. The minimum absolute atomic E-state index is 0.417. The molecule has 0 atom stereocenters. The number of carbonyl (C=O) groups excluding carboxylic acids is 1. The summed E-state index contributed by atoms with van der Waals surface area (Å²) in [5.41, 5.74) is 0. The zero-order chi connectivity index (χ0) is 12.8. The van der Waals surface area contributed by atoms with Gasteiger partial charge >= 0.3 is 0 Å². The van der Waals surface area contributed by atoms with Gasteiger partial charge < -0.3 is 16.0 Å². The summed E-state index contributed by atoms with van der Waals surface area (Å²) in [5.74, 6) is 0. The number of hydrogen-bond acceptors (Lipinski definition) is 3. The highest BCUT2D eigenvalue weighted by Crippen LogP contribution is 2.23. The maximum Gasteiger partial charge on any atom is 0.207 e. The molecule has 0 aromatic heterocycles. The van der Waals surface area contributed by atoms with Gasteiger partial charge in [0.25, 0.3) is 0 Å². The van der Waals surface area contributed by atoms with Crippen LogP contribution in [0.2, 0.25) is 0 Å². The second-order valence-electron chi connectivity index (χ2n) is 5.84. The van der Waals surface area contributed by atoms with Crippen LogP contribution in [0.3, 0.4) is 0 Å². The lowest BCUT2D eigenvalue weighted by Gasteiger charge is -2.35. The van der Waals surface area contributed by atoms with Gasteiger partial charge in [-0.05, 0) is 58.4 Å². The molecule has 0 heterocycles. The first-order valence-electron chi connectivity index (χ1n) is 7.45. The van der Waals surface area contributed by atoms with E-state index in [4.69, 9.17) is 0 Å². The Bertz CT molecular complexity index is 243. The van der Waals surface area contributed by atoms with E-state index >= 15 is 0 Å². The van der Waals surface area contributed by atoms with E-state index in [9.17, 15) is 4.79 Å². The van der Waals surface area contributed by atoms with Gasteiger partial charge in [-0.3, -0.25) is 4.79 Å². The van der Waals surface area contributed by atoms with Crippen molar-refractivity contribution in [3.8, 4) is 0 Å². The first-order valence-corrected chi connectivity index (χ1v) is 7.45. The molecule has 1 amide bonds. The fourth-order valence-electron chi connectivity index (χ4n) is 3.41. The third-order valence-electron chi connectivity index (χ3n) is 4.64. The molecule has 2 rings (SSSR count). The van der Waals surface area contributed by atoms with Crippen LogP contribution in [-0.4, -0.2) is 37.6 Å². The average molecular weight is 253 g/mol. The van der Waals surface area contributed by atoms with Gasteiger partial charge in [-0.2, -0.15) is 0 Å². The van der Waals surface area contributed by atoms with E-state index < -0.39 is 0 Å². The molecule has 104 valence electrons. The molecular weight excluding hydrogens is 226 g/mol. The number of rotatable bonds is 5.